The zero-order chi connectivity index (χ0) is 11.4. The number of rotatable bonds is 1. The molecule has 5 rings (SSSR count). The molecule has 0 saturated heterocycles. The van der Waals surface area contributed by atoms with Gasteiger partial charge in [0.05, 0.1) is 0 Å². The molecule has 4 saturated carbocycles. The van der Waals surface area contributed by atoms with E-state index in [4.69, 9.17) is 0 Å². The van der Waals surface area contributed by atoms with E-state index in [1.54, 1.807) is 12.1 Å². The Kier molecular flexibility index (Phi) is 2.12. The van der Waals surface area contributed by atoms with E-state index in [1.165, 1.54) is 37.7 Å². The van der Waals surface area contributed by atoms with Crippen LogP contribution in [0.1, 0.15) is 43.6 Å². The standard InChI is InChI=1S/C16H19F/c17-15-3-1-12(2-4-15)16-13-6-10-5-11(8-13)9-14(16)7-10/h1-4,10-11,13-14,16H,5-9H2. The van der Waals surface area contributed by atoms with Crippen LogP contribution < -0.4 is 0 Å². The second-order valence-corrected chi connectivity index (χ2v) is 6.51. The number of hydrogen-bond acceptors (Lipinski definition) is 0. The molecule has 0 radical (unpaired) electrons. The smallest absolute Gasteiger partial charge is 0.123 e. The Hall–Kier alpha value is -0.850. The van der Waals surface area contributed by atoms with Crippen molar-refractivity contribution in [2.75, 3.05) is 0 Å². The normalized spacial score (nSPS) is 43.0. The van der Waals surface area contributed by atoms with E-state index in [2.05, 4.69) is 0 Å². The lowest BCUT2D eigenvalue weighted by molar-refractivity contribution is -0.00279. The number of halogens is 1. The molecule has 1 heteroatoms. The summed E-state index contributed by atoms with van der Waals surface area (Å²) in [5.74, 6) is 4.48. The van der Waals surface area contributed by atoms with E-state index in [9.17, 15) is 4.39 Å². The number of hydrogen-bond donors (Lipinski definition) is 0. The number of benzene rings is 1. The van der Waals surface area contributed by atoms with Crippen LogP contribution >= 0.6 is 0 Å². The Balaban J connectivity index is 1.68. The molecule has 1 aromatic carbocycles. The molecule has 4 aliphatic rings. The van der Waals surface area contributed by atoms with Crippen molar-refractivity contribution in [2.24, 2.45) is 23.7 Å². The van der Waals surface area contributed by atoms with Gasteiger partial charge in [-0.1, -0.05) is 12.1 Å². The third kappa shape index (κ3) is 1.55. The van der Waals surface area contributed by atoms with E-state index in [0.717, 1.165) is 29.6 Å². The van der Waals surface area contributed by atoms with Crippen molar-refractivity contribution in [2.45, 2.75) is 38.0 Å². The molecule has 17 heavy (non-hydrogen) atoms. The Bertz CT molecular complexity index is 392. The molecule has 0 nitrogen and oxygen atoms in total. The molecule has 0 atom stereocenters. The summed E-state index contributed by atoms with van der Waals surface area (Å²) >= 11 is 0. The van der Waals surface area contributed by atoms with Gasteiger partial charge in [0.2, 0.25) is 0 Å². The second-order valence-electron chi connectivity index (χ2n) is 6.51. The van der Waals surface area contributed by atoms with Gasteiger partial charge >= 0.3 is 0 Å². The molecular weight excluding hydrogens is 211 g/mol. The summed E-state index contributed by atoms with van der Waals surface area (Å²) in [6.07, 6.45) is 7.26. The largest absolute Gasteiger partial charge is 0.207 e. The maximum Gasteiger partial charge on any atom is 0.123 e. The van der Waals surface area contributed by atoms with Gasteiger partial charge in [-0.3, -0.25) is 0 Å². The molecule has 4 bridgehead atoms. The van der Waals surface area contributed by atoms with Gasteiger partial charge in [0.1, 0.15) is 5.82 Å². The minimum Gasteiger partial charge on any atom is -0.207 e. The topological polar surface area (TPSA) is 0 Å². The molecular formula is C16H19F. The molecule has 0 amide bonds. The zero-order valence-corrected chi connectivity index (χ0v) is 10.1. The minimum atomic E-state index is -0.0995. The van der Waals surface area contributed by atoms with E-state index < -0.39 is 0 Å². The van der Waals surface area contributed by atoms with Crippen molar-refractivity contribution in [1.82, 2.24) is 0 Å². The van der Waals surface area contributed by atoms with Gasteiger partial charge in [0.25, 0.3) is 0 Å². The van der Waals surface area contributed by atoms with Gasteiger partial charge in [0, 0.05) is 0 Å². The first-order valence-electron chi connectivity index (χ1n) is 7.05. The molecule has 0 spiro atoms. The van der Waals surface area contributed by atoms with Crippen LogP contribution in [0.5, 0.6) is 0 Å². The molecule has 0 aromatic heterocycles. The van der Waals surface area contributed by atoms with Crippen LogP contribution in [0.4, 0.5) is 4.39 Å². The quantitative estimate of drug-likeness (QED) is 0.672. The predicted octanol–water partition coefficient (Wildman–Crippen LogP) is 4.37. The van der Waals surface area contributed by atoms with Crippen LogP contribution in [0.25, 0.3) is 0 Å². The van der Waals surface area contributed by atoms with E-state index >= 15 is 0 Å². The highest BCUT2D eigenvalue weighted by molar-refractivity contribution is 5.24. The fraction of sp³-hybridized carbons (Fsp3) is 0.625. The second kappa shape index (κ2) is 3.57. The van der Waals surface area contributed by atoms with Gasteiger partial charge in [0.15, 0.2) is 0 Å². The van der Waals surface area contributed by atoms with Gasteiger partial charge in [-0.2, -0.15) is 0 Å². The highest BCUT2D eigenvalue weighted by Crippen LogP contribution is 2.59. The third-order valence-corrected chi connectivity index (χ3v) is 5.48. The third-order valence-electron chi connectivity index (χ3n) is 5.48. The average Bonchev–Trinajstić information content (AvgIpc) is 2.30. The van der Waals surface area contributed by atoms with Crippen LogP contribution in [0.15, 0.2) is 24.3 Å². The average molecular weight is 230 g/mol. The molecule has 0 aliphatic heterocycles. The summed E-state index contributed by atoms with van der Waals surface area (Å²) in [5, 5.41) is 0. The summed E-state index contributed by atoms with van der Waals surface area (Å²) in [7, 11) is 0. The van der Waals surface area contributed by atoms with E-state index in [0.29, 0.717) is 0 Å². The Labute approximate surface area is 102 Å². The van der Waals surface area contributed by atoms with Crippen molar-refractivity contribution in [3.8, 4) is 0 Å². The maximum absolute atomic E-state index is 13.0. The molecule has 0 heterocycles. The molecule has 4 aliphatic carbocycles. The first-order valence-corrected chi connectivity index (χ1v) is 7.05. The molecule has 0 unspecified atom stereocenters. The Morgan fingerprint density at radius 1 is 0.765 bits per heavy atom. The fourth-order valence-corrected chi connectivity index (χ4v) is 5.15. The van der Waals surface area contributed by atoms with Crippen molar-refractivity contribution >= 4 is 0 Å². The highest BCUT2D eigenvalue weighted by Gasteiger charge is 2.48. The molecule has 4 fully saturated rings. The van der Waals surface area contributed by atoms with Crippen LogP contribution in [-0.2, 0) is 0 Å². The Morgan fingerprint density at radius 3 is 1.82 bits per heavy atom. The van der Waals surface area contributed by atoms with Crippen LogP contribution in [0, 0.1) is 29.5 Å². The predicted molar refractivity (Wildman–Crippen MR) is 66.2 cm³/mol. The summed E-state index contributed by atoms with van der Waals surface area (Å²) in [5.41, 5.74) is 1.40. The highest BCUT2D eigenvalue weighted by atomic mass is 19.1. The summed E-state index contributed by atoms with van der Waals surface area (Å²) in [6, 6.07) is 7.34. The van der Waals surface area contributed by atoms with E-state index in [1.807, 2.05) is 12.1 Å². The minimum absolute atomic E-state index is 0.0995. The van der Waals surface area contributed by atoms with E-state index in [-0.39, 0.29) is 5.82 Å². The van der Waals surface area contributed by atoms with Crippen LogP contribution in [-0.4, -0.2) is 0 Å². The lowest BCUT2D eigenvalue weighted by Crippen LogP contribution is -2.43. The summed E-state index contributed by atoms with van der Waals surface area (Å²) in [4.78, 5) is 0. The van der Waals surface area contributed by atoms with Crippen molar-refractivity contribution in [3.05, 3.63) is 35.6 Å². The van der Waals surface area contributed by atoms with Crippen molar-refractivity contribution < 1.29 is 4.39 Å². The maximum atomic E-state index is 13.0. The Morgan fingerprint density at radius 2 is 1.29 bits per heavy atom. The van der Waals surface area contributed by atoms with Crippen LogP contribution in [0.2, 0.25) is 0 Å². The zero-order valence-electron chi connectivity index (χ0n) is 10.1. The van der Waals surface area contributed by atoms with Gasteiger partial charge in [-0.25, -0.2) is 4.39 Å². The molecule has 90 valence electrons. The first kappa shape index (κ1) is 10.1. The SMILES string of the molecule is Fc1ccc(C2C3CC4CC(C3)CC2C4)cc1. The van der Waals surface area contributed by atoms with Crippen molar-refractivity contribution in [3.63, 3.8) is 0 Å². The van der Waals surface area contributed by atoms with Gasteiger partial charge in [-0.05, 0) is 79.4 Å². The fourth-order valence-electron chi connectivity index (χ4n) is 5.15. The first-order chi connectivity index (χ1) is 8.29. The molecule has 1 aromatic rings. The molecule has 0 N–H and O–H groups in total. The van der Waals surface area contributed by atoms with Crippen molar-refractivity contribution in [1.29, 1.82) is 0 Å². The monoisotopic (exact) mass is 230 g/mol. The summed E-state index contributed by atoms with van der Waals surface area (Å²) < 4.78 is 13.0. The van der Waals surface area contributed by atoms with Gasteiger partial charge < -0.3 is 0 Å². The summed E-state index contributed by atoms with van der Waals surface area (Å²) in [6.45, 7) is 0. The lowest BCUT2D eigenvalue weighted by Gasteiger charge is -2.54. The van der Waals surface area contributed by atoms with Gasteiger partial charge in [-0.15, -0.1) is 0 Å². The van der Waals surface area contributed by atoms with Crippen LogP contribution in [0.3, 0.4) is 0 Å². The lowest BCUT2D eigenvalue weighted by atomic mass is 9.51.